The molecule has 1 heterocycles. The molecule has 7 nitrogen and oxygen atoms in total. The second-order valence-electron chi connectivity index (χ2n) is 6.50. The number of aromatic hydroxyl groups is 1. The SMILES string of the molecule is CCN(CC)S(=O)(=O)c1ccc(O)c(NC(=O)c2sc(C)nc2-c2ccccc2)c1. The first-order valence-corrected chi connectivity index (χ1v) is 11.7. The van der Waals surface area contributed by atoms with E-state index < -0.39 is 15.9 Å². The summed E-state index contributed by atoms with van der Waals surface area (Å²) in [7, 11) is -3.73. The fourth-order valence-corrected chi connectivity index (χ4v) is 5.36. The molecule has 0 saturated heterocycles. The highest BCUT2D eigenvalue weighted by molar-refractivity contribution is 7.89. The van der Waals surface area contributed by atoms with Gasteiger partial charge in [-0.05, 0) is 25.1 Å². The molecule has 0 unspecified atom stereocenters. The Morgan fingerprint density at radius 1 is 1.13 bits per heavy atom. The van der Waals surface area contributed by atoms with Crippen molar-refractivity contribution in [2.75, 3.05) is 18.4 Å². The zero-order valence-corrected chi connectivity index (χ0v) is 18.5. The fourth-order valence-electron chi connectivity index (χ4n) is 3.04. The number of thiazole rings is 1. The number of phenols is 1. The zero-order valence-electron chi connectivity index (χ0n) is 16.9. The van der Waals surface area contributed by atoms with Crippen molar-refractivity contribution in [3.05, 3.63) is 58.4 Å². The van der Waals surface area contributed by atoms with E-state index in [1.807, 2.05) is 37.3 Å². The highest BCUT2D eigenvalue weighted by Gasteiger charge is 2.24. The number of rotatable bonds is 7. The Labute approximate surface area is 180 Å². The fraction of sp³-hybridized carbons (Fsp3) is 0.238. The van der Waals surface area contributed by atoms with Gasteiger partial charge in [-0.15, -0.1) is 11.3 Å². The number of hydrogen-bond acceptors (Lipinski definition) is 6. The van der Waals surface area contributed by atoms with Crippen LogP contribution in [0.25, 0.3) is 11.3 Å². The summed E-state index contributed by atoms with van der Waals surface area (Å²) in [4.78, 5) is 17.8. The molecule has 2 N–H and O–H groups in total. The van der Waals surface area contributed by atoms with Crippen molar-refractivity contribution in [2.24, 2.45) is 0 Å². The highest BCUT2D eigenvalue weighted by atomic mass is 32.2. The van der Waals surface area contributed by atoms with Gasteiger partial charge in [0.25, 0.3) is 5.91 Å². The second kappa shape index (κ2) is 8.95. The summed E-state index contributed by atoms with van der Waals surface area (Å²) < 4.78 is 26.9. The largest absolute Gasteiger partial charge is 0.506 e. The van der Waals surface area contributed by atoms with E-state index in [1.54, 1.807) is 13.8 Å². The molecule has 0 aliphatic rings. The number of aromatic nitrogens is 1. The van der Waals surface area contributed by atoms with Crippen molar-refractivity contribution in [3.8, 4) is 17.0 Å². The van der Waals surface area contributed by atoms with E-state index in [2.05, 4.69) is 10.3 Å². The van der Waals surface area contributed by atoms with Gasteiger partial charge in [0.15, 0.2) is 0 Å². The lowest BCUT2D eigenvalue weighted by Crippen LogP contribution is -2.30. The first kappa shape index (κ1) is 21.9. The molecule has 0 aliphatic carbocycles. The van der Waals surface area contributed by atoms with Gasteiger partial charge in [-0.25, -0.2) is 13.4 Å². The highest BCUT2D eigenvalue weighted by Crippen LogP contribution is 2.32. The van der Waals surface area contributed by atoms with Gasteiger partial charge in [0.2, 0.25) is 10.0 Å². The third-order valence-electron chi connectivity index (χ3n) is 4.55. The molecule has 30 heavy (non-hydrogen) atoms. The van der Waals surface area contributed by atoms with Gasteiger partial charge in [-0.2, -0.15) is 4.31 Å². The minimum absolute atomic E-state index is 0.00284. The summed E-state index contributed by atoms with van der Waals surface area (Å²) in [5, 5.41) is 13.6. The zero-order chi connectivity index (χ0) is 21.9. The van der Waals surface area contributed by atoms with Crippen molar-refractivity contribution in [1.29, 1.82) is 0 Å². The molecule has 0 fully saturated rings. The van der Waals surface area contributed by atoms with Crippen LogP contribution in [0.2, 0.25) is 0 Å². The number of sulfonamides is 1. The van der Waals surface area contributed by atoms with Crippen LogP contribution in [0.15, 0.2) is 53.4 Å². The van der Waals surface area contributed by atoms with Gasteiger partial charge in [-0.1, -0.05) is 44.2 Å². The predicted molar refractivity (Wildman–Crippen MR) is 118 cm³/mol. The van der Waals surface area contributed by atoms with Crippen molar-refractivity contribution in [3.63, 3.8) is 0 Å². The number of aryl methyl sites for hydroxylation is 1. The Bertz CT molecular complexity index is 1150. The molecular weight excluding hydrogens is 422 g/mol. The summed E-state index contributed by atoms with van der Waals surface area (Å²) in [6.07, 6.45) is 0. The van der Waals surface area contributed by atoms with Crippen LogP contribution in [0.4, 0.5) is 5.69 Å². The molecule has 9 heteroatoms. The first-order chi connectivity index (χ1) is 14.3. The number of nitrogens with one attached hydrogen (secondary N) is 1. The minimum Gasteiger partial charge on any atom is -0.506 e. The van der Waals surface area contributed by atoms with Crippen molar-refractivity contribution >= 4 is 33.0 Å². The molecule has 1 amide bonds. The topological polar surface area (TPSA) is 99.6 Å². The molecule has 1 aromatic heterocycles. The van der Waals surface area contributed by atoms with Crippen LogP contribution in [0.3, 0.4) is 0 Å². The van der Waals surface area contributed by atoms with E-state index in [0.717, 1.165) is 10.6 Å². The van der Waals surface area contributed by atoms with Gasteiger partial charge < -0.3 is 10.4 Å². The summed E-state index contributed by atoms with van der Waals surface area (Å²) >= 11 is 1.23. The number of nitrogens with zero attached hydrogens (tertiary/aromatic N) is 2. The number of anilines is 1. The number of carbonyl (C=O) groups excluding carboxylic acids is 1. The van der Waals surface area contributed by atoms with Crippen molar-refractivity contribution in [2.45, 2.75) is 25.7 Å². The third kappa shape index (κ3) is 4.38. The normalized spacial score (nSPS) is 11.6. The van der Waals surface area contributed by atoms with Gasteiger partial charge in [0.05, 0.1) is 21.3 Å². The molecule has 0 saturated carbocycles. The van der Waals surface area contributed by atoms with Crippen LogP contribution < -0.4 is 5.32 Å². The number of amides is 1. The van der Waals surface area contributed by atoms with Crippen LogP contribution in [0.5, 0.6) is 5.75 Å². The number of hydrogen-bond donors (Lipinski definition) is 2. The van der Waals surface area contributed by atoms with Gasteiger partial charge in [0.1, 0.15) is 10.6 Å². The minimum atomic E-state index is -3.73. The molecule has 0 bridgehead atoms. The smallest absolute Gasteiger partial charge is 0.268 e. The number of carbonyl (C=O) groups is 1. The van der Waals surface area contributed by atoms with Crippen LogP contribution >= 0.6 is 11.3 Å². The Morgan fingerprint density at radius 2 is 1.80 bits per heavy atom. The number of benzene rings is 2. The summed E-state index contributed by atoms with van der Waals surface area (Å²) in [6, 6.07) is 13.2. The Balaban J connectivity index is 1.96. The summed E-state index contributed by atoms with van der Waals surface area (Å²) in [5.41, 5.74) is 1.37. The first-order valence-electron chi connectivity index (χ1n) is 9.45. The third-order valence-corrected chi connectivity index (χ3v) is 7.56. The molecule has 158 valence electrons. The molecule has 0 spiro atoms. The maximum Gasteiger partial charge on any atom is 0.268 e. The van der Waals surface area contributed by atoms with Crippen LogP contribution in [-0.4, -0.2) is 41.8 Å². The average molecular weight is 446 g/mol. The van der Waals surface area contributed by atoms with E-state index in [-0.39, 0.29) is 16.3 Å². The standard InChI is InChI=1S/C21H23N3O4S2/c1-4-24(5-2)30(27,28)16-11-12-18(25)17(13-16)23-21(26)20-19(22-14(3)29-20)15-9-7-6-8-10-15/h6-13,25H,4-5H2,1-3H3,(H,23,26). The molecule has 3 aromatic rings. The lowest BCUT2D eigenvalue weighted by Gasteiger charge is -2.19. The predicted octanol–water partition coefficient (Wildman–Crippen LogP) is 4.11. The van der Waals surface area contributed by atoms with Gasteiger partial charge >= 0.3 is 0 Å². The van der Waals surface area contributed by atoms with Gasteiger partial charge in [-0.3, -0.25) is 4.79 Å². The number of phenolic OH excluding ortho intramolecular Hbond substituents is 1. The maximum atomic E-state index is 13.0. The Morgan fingerprint density at radius 3 is 2.43 bits per heavy atom. The van der Waals surface area contributed by atoms with Gasteiger partial charge in [0, 0.05) is 18.7 Å². The Hall–Kier alpha value is -2.75. The van der Waals surface area contributed by atoms with Crippen LogP contribution in [0.1, 0.15) is 28.5 Å². The Kier molecular flexibility index (Phi) is 6.55. The van der Waals surface area contributed by atoms with Crippen molar-refractivity contribution < 1.29 is 18.3 Å². The molecule has 2 aromatic carbocycles. The van der Waals surface area contributed by atoms with E-state index in [1.165, 1.54) is 33.8 Å². The second-order valence-corrected chi connectivity index (χ2v) is 9.64. The monoisotopic (exact) mass is 445 g/mol. The van der Waals surface area contributed by atoms with Crippen LogP contribution in [-0.2, 0) is 10.0 Å². The summed E-state index contributed by atoms with van der Waals surface area (Å²) in [5.74, 6) is -0.684. The van der Waals surface area contributed by atoms with E-state index in [0.29, 0.717) is 23.7 Å². The van der Waals surface area contributed by atoms with Crippen molar-refractivity contribution in [1.82, 2.24) is 9.29 Å². The van der Waals surface area contributed by atoms with Crippen LogP contribution in [0, 0.1) is 6.92 Å². The molecule has 0 aliphatic heterocycles. The maximum absolute atomic E-state index is 13.0. The molecule has 3 rings (SSSR count). The molecular formula is C21H23N3O4S2. The molecule has 0 radical (unpaired) electrons. The van der Waals surface area contributed by atoms with E-state index in [4.69, 9.17) is 0 Å². The quantitative estimate of drug-likeness (QED) is 0.533. The average Bonchev–Trinajstić information content (AvgIpc) is 3.12. The molecule has 0 atom stereocenters. The lowest BCUT2D eigenvalue weighted by molar-refractivity contribution is 0.103. The summed E-state index contributed by atoms with van der Waals surface area (Å²) in [6.45, 7) is 5.95. The van der Waals surface area contributed by atoms with E-state index in [9.17, 15) is 18.3 Å². The van der Waals surface area contributed by atoms with E-state index >= 15 is 0 Å². The lowest BCUT2D eigenvalue weighted by atomic mass is 10.1.